The summed E-state index contributed by atoms with van der Waals surface area (Å²) in [4.78, 5) is 10.5. The minimum absolute atomic E-state index is 0.0606. The average molecular weight is 348 g/mol. The zero-order chi connectivity index (χ0) is 17.0. The van der Waals surface area contributed by atoms with Crippen molar-refractivity contribution in [2.75, 3.05) is 19.7 Å². The van der Waals surface area contributed by atoms with E-state index in [2.05, 4.69) is 5.32 Å². The van der Waals surface area contributed by atoms with E-state index in [9.17, 15) is 22.0 Å². The van der Waals surface area contributed by atoms with Crippen LogP contribution in [0.1, 0.15) is 19.8 Å². The second-order valence-corrected chi connectivity index (χ2v) is 6.99. The minimum atomic E-state index is -4.31. The van der Waals surface area contributed by atoms with Crippen molar-refractivity contribution in [2.24, 2.45) is 0 Å². The Kier molecular flexibility index (Phi) is 5.53. The van der Waals surface area contributed by atoms with Gasteiger partial charge in [-0.25, -0.2) is 22.0 Å². The number of benzene rings is 1. The standard InChI is InChI=1S/C14H18F2N2O4S/c1-2-22-14(19)17-10-5-4-8-18(9-10)23(20,21)13-11(15)6-3-7-12(13)16/h3,6-7,10H,2,4-5,8-9H2,1H3,(H,17,19)/t10-/m0/s1. The molecule has 1 fully saturated rings. The van der Waals surface area contributed by atoms with Crippen LogP contribution < -0.4 is 5.32 Å². The summed E-state index contributed by atoms with van der Waals surface area (Å²) in [5.41, 5.74) is 0. The van der Waals surface area contributed by atoms with E-state index in [0.717, 1.165) is 22.5 Å². The highest BCUT2D eigenvalue weighted by Crippen LogP contribution is 2.25. The van der Waals surface area contributed by atoms with Crippen LogP contribution in [0.5, 0.6) is 0 Å². The molecule has 0 saturated carbocycles. The van der Waals surface area contributed by atoms with Crippen molar-refractivity contribution in [2.45, 2.75) is 30.7 Å². The van der Waals surface area contributed by atoms with Gasteiger partial charge < -0.3 is 10.1 Å². The maximum absolute atomic E-state index is 13.8. The molecule has 1 aromatic carbocycles. The maximum atomic E-state index is 13.8. The fourth-order valence-electron chi connectivity index (χ4n) is 2.48. The third-order valence-electron chi connectivity index (χ3n) is 3.50. The molecular formula is C14H18F2N2O4S. The second-order valence-electron chi connectivity index (χ2n) is 5.12. The minimum Gasteiger partial charge on any atom is -0.450 e. The Bertz CT molecular complexity index is 661. The fraction of sp³-hybridized carbons (Fsp3) is 0.500. The lowest BCUT2D eigenvalue weighted by Gasteiger charge is -2.32. The Labute approximate surface area is 133 Å². The van der Waals surface area contributed by atoms with Crippen molar-refractivity contribution >= 4 is 16.1 Å². The molecule has 0 spiro atoms. The molecule has 1 N–H and O–H groups in total. The quantitative estimate of drug-likeness (QED) is 0.901. The molecule has 1 saturated heterocycles. The van der Waals surface area contributed by atoms with Gasteiger partial charge >= 0.3 is 6.09 Å². The molecule has 1 amide bonds. The van der Waals surface area contributed by atoms with Crippen LogP contribution in [0.25, 0.3) is 0 Å². The number of amides is 1. The largest absolute Gasteiger partial charge is 0.450 e. The molecule has 1 heterocycles. The van der Waals surface area contributed by atoms with Crippen LogP contribution in [-0.2, 0) is 14.8 Å². The van der Waals surface area contributed by atoms with E-state index >= 15 is 0 Å². The van der Waals surface area contributed by atoms with Crippen LogP contribution in [0.2, 0.25) is 0 Å². The number of nitrogens with one attached hydrogen (secondary N) is 1. The highest BCUT2D eigenvalue weighted by Gasteiger charge is 2.34. The number of hydrogen-bond donors (Lipinski definition) is 1. The normalized spacial score (nSPS) is 19.3. The predicted molar refractivity (Wildman–Crippen MR) is 78.3 cm³/mol. The van der Waals surface area contributed by atoms with Gasteiger partial charge in [-0.2, -0.15) is 4.31 Å². The number of hydrogen-bond acceptors (Lipinski definition) is 4. The molecule has 128 valence electrons. The summed E-state index contributed by atoms with van der Waals surface area (Å²) in [5.74, 6) is -2.27. The van der Waals surface area contributed by atoms with Gasteiger partial charge in [0.1, 0.15) is 11.6 Å². The van der Waals surface area contributed by atoms with Gasteiger partial charge in [0, 0.05) is 19.1 Å². The summed E-state index contributed by atoms with van der Waals surface area (Å²) in [6, 6.07) is 2.43. The van der Waals surface area contributed by atoms with Crippen LogP contribution in [-0.4, -0.2) is 44.6 Å². The van der Waals surface area contributed by atoms with E-state index in [-0.39, 0.29) is 19.7 Å². The van der Waals surface area contributed by atoms with Gasteiger partial charge in [-0.1, -0.05) is 6.07 Å². The zero-order valence-electron chi connectivity index (χ0n) is 12.6. The first kappa shape index (κ1) is 17.6. The second kappa shape index (κ2) is 7.22. The lowest BCUT2D eigenvalue weighted by atomic mass is 10.1. The zero-order valence-corrected chi connectivity index (χ0v) is 13.4. The summed E-state index contributed by atoms with van der Waals surface area (Å²) >= 11 is 0. The van der Waals surface area contributed by atoms with Crippen molar-refractivity contribution in [1.82, 2.24) is 9.62 Å². The third kappa shape index (κ3) is 3.97. The molecule has 0 aliphatic carbocycles. The van der Waals surface area contributed by atoms with Crippen LogP contribution in [0.15, 0.2) is 23.1 Å². The Morgan fingerprint density at radius 3 is 2.65 bits per heavy atom. The smallest absolute Gasteiger partial charge is 0.407 e. The van der Waals surface area contributed by atoms with Crippen molar-refractivity contribution in [3.8, 4) is 0 Å². The number of ether oxygens (including phenoxy) is 1. The van der Waals surface area contributed by atoms with Gasteiger partial charge in [0.15, 0.2) is 4.90 Å². The van der Waals surface area contributed by atoms with Gasteiger partial charge in [-0.3, -0.25) is 0 Å². The van der Waals surface area contributed by atoms with Gasteiger partial charge in [-0.05, 0) is 31.9 Å². The first-order valence-electron chi connectivity index (χ1n) is 7.23. The van der Waals surface area contributed by atoms with E-state index in [1.807, 2.05) is 0 Å². The third-order valence-corrected chi connectivity index (χ3v) is 5.42. The molecular weight excluding hydrogens is 330 g/mol. The van der Waals surface area contributed by atoms with Crippen LogP contribution in [0.4, 0.5) is 13.6 Å². The predicted octanol–water partition coefficient (Wildman–Crippen LogP) is 1.86. The molecule has 1 aliphatic rings. The molecule has 0 radical (unpaired) electrons. The van der Waals surface area contributed by atoms with Crippen LogP contribution in [0, 0.1) is 11.6 Å². The van der Waals surface area contributed by atoms with Crippen LogP contribution >= 0.6 is 0 Å². The summed E-state index contributed by atoms with van der Waals surface area (Å²) in [7, 11) is -4.31. The van der Waals surface area contributed by atoms with E-state index in [1.165, 1.54) is 0 Å². The molecule has 1 aromatic rings. The number of nitrogens with zero attached hydrogens (tertiary/aromatic N) is 1. The van der Waals surface area contributed by atoms with Crippen molar-refractivity contribution in [3.05, 3.63) is 29.8 Å². The number of halogens is 2. The monoisotopic (exact) mass is 348 g/mol. The number of alkyl carbamates (subject to hydrolysis) is 1. The van der Waals surface area contributed by atoms with Crippen LogP contribution in [0.3, 0.4) is 0 Å². The number of sulfonamides is 1. The summed E-state index contributed by atoms with van der Waals surface area (Å²) < 4.78 is 58.3. The number of piperidine rings is 1. The fourth-order valence-corrected chi connectivity index (χ4v) is 4.11. The van der Waals surface area contributed by atoms with E-state index in [4.69, 9.17) is 4.74 Å². The molecule has 23 heavy (non-hydrogen) atoms. The first-order valence-corrected chi connectivity index (χ1v) is 8.67. The summed E-state index contributed by atoms with van der Waals surface area (Å²) in [6.07, 6.45) is 0.380. The number of carbonyl (C=O) groups is 1. The molecule has 0 bridgehead atoms. The average Bonchev–Trinajstić information content (AvgIpc) is 2.47. The first-order chi connectivity index (χ1) is 10.9. The molecule has 1 atom stereocenters. The number of rotatable bonds is 4. The lowest BCUT2D eigenvalue weighted by molar-refractivity contribution is 0.142. The van der Waals surface area contributed by atoms with Crippen molar-refractivity contribution < 1.29 is 26.7 Å². The van der Waals surface area contributed by atoms with Crippen molar-refractivity contribution in [1.29, 1.82) is 0 Å². The summed E-state index contributed by atoms with van der Waals surface area (Å²) in [6.45, 7) is 1.92. The van der Waals surface area contributed by atoms with Gasteiger partial charge in [-0.15, -0.1) is 0 Å². The summed E-state index contributed by atoms with van der Waals surface area (Å²) in [5, 5.41) is 2.55. The highest BCUT2D eigenvalue weighted by molar-refractivity contribution is 7.89. The maximum Gasteiger partial charge on any atom is 0.407 e. The molecule has 0 unspecified atom stereocenters. The topological polar surface area (TPSA) is 75.7 Å². The van der Waals surface area contributed by atoms with E-state index in [0.29, 0.717) is 12.8 Å². The van der Waals surface area contributed by atoms with E-state index < -0.39 is 38.7 Å². The number of carbonyl (C=O) groups excluding carboxylic acids is 1. The van der Waals surface area contributed by atoms with Gasteiger partial charge in [0.2, 0.25) is 10.0 Å². The Morgan fingerprint density at radius 1 is 1.39 bits per heavy atom. The Morgan fingerprint density at radius 2 is 2.04 bits per heavy atom. The molecule has 6 nitrogen and oxygen atoms in total. The highest BCUT2D eigenvalue weighted by atomic mass is 32.2. The lowest BCUT2D eigenvalue weighted by Crippen LogP contribution is -2.49. The molecule has 1 aliphatic heterocycles. The molecule has 9 heteroatoms. The molecule has 0 aromatic heterocycles. The van der Waals surface area contributed by atoms with Gasteiger partial charge in [0.25, 0.3) is 0 Å². The van der Waals surface area contributed by atoms with E-state index in [1.54, 1.807) is 6.92 Å². The van der Waals surface area contributed by atoms with Crippen molar-refractivity contribution in [3.63, 3.8) is 0 Å². The Hall–Kier alpha value is -1.74. The molecule has 2 rings (SSSR count). The van der Waals surface area contributed by atoms with Gasteiger partial charge in [0.05, 0.1) is 6.61 Å². The SMILES string of the molecule is CCOC(=O)N[C@H]1CCCN(S(=O)(=O)c2c(F)cccc2F)C1. The Balaban J connectivity index is 2.18.